The summed E-state index contributed by atoms with van der Waals surface area (Å²) in [5.74, 6) is 1.13. The van der Waals surface area contributed by atoms with Gasteiger partial charge in [-0.1, -0.05) is 12.1 Å². The van der Waals surface area contributed by atoms with Crippen molar-refractivity contribution < 1.29 is 9.53 Å². The van der Waals surface area contributed by atoms with Gasteiger partial charge in [0, 0.05) is 17.5 Å². The zero-order valence-electron chi connectivity index (χ0n) is 14.6. The number of carbonyl (C=O) groups excluding carboxylic acids is 1. The Morgan fingerprint density at radius 2 is 1.72 bits per heavy atom. The van der Waals surface area contributed by atoms with Crippen LogP contribution in [0.3, 0.4) is 0 Å². The molecule has 0 radical (unpaired) electrons. The summed E-state index contributed by atoms with van der Waals surface area (Å²) in [4.78, 5) is 21.5. The second-order valence-corrected chi connectivity index (χ2v) is 5.69. The minimum atomic E-state index is -0.289. The summed E-state index contributed by atoms with van der Waals surface area (Å²) in [5, 5.41) is 7.26. The van der Waals surface area contributed by atoms with Gasteiger partial charge in [-0.2, -0.15) is 9.78 Å². The number of amides is 1. The van der Waals surface area contributed by atoms with E-state index in [9.17, 15) is 4.79 Å². The van der Waals surface area contributed by atoms with E-state index in [1.54, 1.807) is 24.3 Å². The molecular weight excluding hydrogens is 318 g/mol. The van der Waals surface area contributed by atoms with Crippen molar-refractivity contribution in [2.24, 2.45) is 0 Å². The number of carbonyl (C=O) groups is 1. The Morgan fingerprint density at radius 3 is 2.40 bits per heavy atom. The van der Waals surface area contributed by atoms with Gasteiger partial charge in [-0.3, -0.25) is 4.79 Å². The van der Waals surface area contributed by atoms with Crippen molar-refractivity contribution in [3.8, 4) is 11.7 Å². The first kappa shape index (κ1) is 16.6. The van der Waals surface area contributed by atoms with E-state index in [1.807, 2.05) is 32.9 Å². The summed E-state index contributed by atoms with van der Waals surface area (Å²) in [7, 11) is 1.53. The number of ether oxygens (including phenoxy) is 1. The molecule has 7 heteroatoms. The van der Waals surface area contributed by atoms with Crippen molar-refractivity contribution in [3.05, 3.63) is 59.0 Å². The molecule has 1 N–H and O–H groups in total. The summed E-state index contributed by atoms with van der Waals surface area (Å²) in [6.07, 6.45) is 0. The monoisotopic (exact) mass is 337 g/mol. The van der Waals surface area contributed by atoms with E-state index >= 15 is 0 Å². The van der Waals surface area contributed by atoms with E-state index in [2.05, 4.69) is 20.4 Å². The molecule has 0 aliphatic carbocycles. The number of rotatable bonds is 4. The maximum Gasteiger partial charge on any atom is 0.260 e. The van der Waals surface area contributed by atoms with E-state index in [0.717, 1.165) is 17.1 Å². The van der Waals surface area contributed by atoms with Crippen molar-refractivity contribution in [1.82, 2.24) is 19.7 Å². The first-order chi connectivity index (χ1) is 12.0. The normalized spacial score (nSPS) is 10.6. The highest BCUT2D eigenvalue weighted by Gasteiger charge is 2.17. The number of para-hydroxylation sites is 1. The molecule has 2 aromatic heterocycles. The molecule has 2 heterocycles. The van der Waals surface area contributed by atoms with Gasteiger partial charge in [0.25, 0.3) is 11.9 Å². The highest BCUT2D eigenvalue weighted by molar-refractivity contribution is 6.05. The average Bonchev–Trinajstić information content (AvgIpc) is 2.94. The highest BCUT2D eigenvalue weighted by Crippen LogP contribution is 2.21. The topological polar surface area (TPSA) is 81.9 Å². The minimum absolute atomic E-state index is 0.289. The van der Waals surface area contributed by atoms with Gasteiger partial charge in [0.15, 0.2) is 0 Å². The molecule has 1 amide bonds. The average molecular weight is 337 g/mol. The summed E-state index contributed by atoms with van der Waals surface area (Å²) in [5.41, 5.74) is 2.85. The lowest BCUT2D eigenvalue weighted by Gasteiger charge is -2.10. The molecule has 0 aliphatic rings. The first-order valence-electron chi connectivity index (χ1n) is 7.81. The van der Waals surface area contributed by atoms with Gasteiger partial charge >= 0.3 is 0 Å². The Balaban J connectivity index is 1.97. The fourth-order valence-corrected chi connectivity index (χ4v) is 2.56. The Labute approximate surface area is 145 Å². The minimum Gasteiger partial charge on any atom is -0.496 e. The number of aryl methyl sites for hydroxylation is 3. The quantitative estimate of drug-likeness (QED) is 0.791. The molecule has 0 aliphatic heterocycles. The molecule has 0 spiro atoms. The van der Waals surface area contributed by atoms with Crippen LogP contribution in [0.4, 0.5) is 5.82 Å². The lowest BCUT2D eigenvalue weighted by molar-refractivity contribution is 0.102. The molecular formula is C18H19N5O2. The Hall–Kier alpha value is -3.22. The van der Waals surface area contributed by atoms with Gasteiger partial charge in [-0.05, 0) is 39.0 Å². The molecule has 0 atom stereocenters. The first-order valence-corrected chi connectivity index (χ1v) is 7.81. The summed E-state index contributed by atoms with van der Waals surface area (Å²) < 4.78 is 6.78. The summed E-state index contributed by atoms with van der Waals surface area (Å²) in [6.45, 7) is 5.63. The van der Waals surface area contributed by atoms with Crippen molar-refractivity contribution in [2.75, 3.05) is 12.4 Å². The molecule has 0 unspecified atom stereocenters. The molecule has 0 bridgehead atoms. The van der Waals surface area contributed by atoms with Gasteiger partial charge in [-0.15, -0.1) is 0 Å². The van der Waals surface area contributed by atoms with Crippen LogP contribution in [-0.4, -0.2) is 32.8 Å². The number of anilines is 1. The van der Waals surface area contributed by atoms with Crippen LogP contribution < -0.4 is 10.1 Å². The SMILES string of the molecule is COc1ccccc1C(=O)Nc1cc(C)nn1-c1nc(C)cc(C)n1. The lowest BCUT2D eigenvalue weighted by atomic mass is 10.2. The number of hydrogen-bond acceptors (Lipinski definition) is 5. The van der Waals surface area contributed by atoms with Crippen molar-refractivity contribution in [2.45, 2.75) is 20.8 Å². The number of nitrogens with one attached hydrogen (secondary N) is 1. The number of hydrogen-bond donors (Lipinski definition) is 1. The van der Waals surface area contributed by atoms with E-state index < -0.39 is 0 Å². The molecule has 3 rings (SSSR count). The van der Waals surface area contributed by atoms with Gasteiger partial charge in [-0.25, -0.2) is 9.97 Å². The van der Waals surface area contributed by atoms with Gasteiger partial charge < -0.3 is 10.1 Å². The lowest BCUT2D eigenvalue weighted by Crippen LogP contribution is -2.17. The fraction of sp³-hybridized carbons (Fsp3) is 0.222. The zero-order valence-corrected chi connectivity index (χ0v) is 14.6. The predicted molar refractivity (Wildman–Crippen MR) is 94.3 cm³/mol. The molecule has 1 aromatic carbocycles. The molecule has 0 saturated heterocycles. The van der Waals surface area contributed by atoms with Crippen molar-refractivity contribution in [1.29, 1.82) is 0 Å². The summed E-state index contributed by atoms with van der Waals surface area (Å²) >= 11 is 0. The number of methoxy groups -OCH3 is 1. The number of benzene rings is 1. The van der Waals surface area contributed by atoms with Crippen LogP contribution in [-0.2, 0) is 0 Å². The van der Waals surface area contributed by atoms with E-state index in [-0.39, 0.29) is 5.91 Å². The van der Waals surface area contributed by atoms with E-state index in [4.69, 9.17) is 4.74 Å². The Kier molecular flexibility index (Phi) is 4.47. The maximum atomic E-state index is 12.6. The molecule has 3 aromatic rings. The summed E-state index contributed by atoms with van der Waals surface area (Å²) in [6, 6.07) is 10.7. The second-order valence-electron chi connectivity index (χ2n) is 5.69. The zero-order chi connectivity index (χ0) is 18.0. The highest BCUT2D eigenvalue weighted by atomic mass is 16.5. The second kappa shape index (κ2) is 6.72. The van der Waals surface area contributed by atoms with Gasteiger partial charge in [0.1, 0.15) is 11.6 Å². The van der Waals surface area contributed by atoms with E-state index in [1.165, 1.54) is 11.8 Å². The molecule has 0 saturated carbocycles. The number of aromatic nitrogens is 4. The van der Waals surface area contributed by atoms with Crippen LogP contribution in [0.2, 0.25) is 0 Å². The Bertz CT molecular complexity index is 913. The van der Waals surface area contributed by atoms with Crippen LogP contribution in [0, 0.1) is 20.8 Å². The predicted octanol–water partition coefficient (Wildman–Crippen LogP) is 2.85. The fourth-order valence-electron chi connectivity index (χ4n) is 2.56. The van der Waals surface area contributed by atoms with Crippen molar-refractivity contribution in [3.63, 3.8) is 0 Å². The largest absolute Gasteiger partial charge is 0.496 e. The third-order valence-electron chi connectivity index (χ3n) is 3.58. The third-order valence-corrected chi connectivity index (χ3v) is 3.58. The maximum absolute atomic E-state index is 12.6. The van der Waals surface area contributed by atoms with Crippen LogP contribution in [0.25, 0.3) is 5.95 Å². The van der Waals surface area contributed by atoms with Crippen LogP contribution in [0.15, 0.2) is 36.4 Å². The van der Waals surface area contributed by atoms with Crippen LogP contribution >= 0.6 is 0 Å². The number of nitrogens with zero attached hydrogens (tertiary/aromatic N) is 4. The molecule has 0 fully saturated rings. The van der Waals surface area contributed by atoms with Crippen LogP contribution in [0.5, 0.6) is 5.75 Å². The van der Waals surface area contributed by atoms with Gasteiger partial charge in [0.2, 0.25) is 0 Å². The Morgan fingerprint density at radius 1 is 1.04 bits per heavy atom. The smallest absolute Gasteiger partial charge is 0.260 e. The van der Waals surface area contributed by atoms with Gasteiger partial charge in [0.05, 0.1) is 18.4 Å². The van der Waals surface area contributed by atoms with Crippen molar-refractivity contribution >= 4 is 11.7 Å². The standard InChI is InChI=1S/C18H19N5O2/c1-11-9-12(2)20-18(19-11)23-16(10-13(3)22-23)21-17(24)14-7-5-6-8-15(14)25-4/h5-10H,1-4H3,(H,21,24). The van der Waals surface area contributed by atoms with Crippen LogP contribution in [0.1, 0.15) is 27.4 Å². The molecule has 25 heavy (non-hydrogen) atoms. The molecule has 7 nitrogen and oxygen atoms in total. The third kappa shape index (κ3) is 3.50. The van der Waals surface area contributed by atoms with E-state index in [0.29, 0.717) is 23.1 Å². The molecule has 128 valence electrons.